The summed E-state index contributed by atoms with van der Waals surface area (Å²) in [5.41, 5.74) is 0. The molecule has 0 bridgehead atoms. The molecule has 0 aromatic heterocycles. The zero-order chi connectivity index (χ0) is 25.6. The molecule has 6 nitrogen and oxygen atoms in total. The molecule has 3 atom stereocenters. The molecule has 0 amide bonds. The fourth-order valence-corrected chi connectivity index (χ4v) is 4.77. The van der Waals surface area contributed by atoms with E-state index in [4.69, 9.17) is 0 Å². The van der Waals surface area contributed by atoms with Gasteiger partial charge in [0.15, 0.2) is 0 Å². The first-order chi connectivity index (χ1) is 15.8. The van der Waals surface area contributed by atoms with Gasteiger partial charge in [-0.1, -0.05) is 117 Å². The minimum atomic E-state index is -2.43. The van der Waals surface area contributed by atoms with E-state index >= 15 is 0 Å². The van der Waals surface area contributed by atoms with Crippen LogP contribution in [0.2, 0.25) is 0 Å². The summed E-state index contributed by atoms with van der Waals surface area (Å²) in [7, 11) is -7.28. The van der Waals surface area contributed by atoms with Gasteiger partial charge in [0.05, 0.1) is 0 Å². The maximum absolute atomic E-state index is 10.2. The quantitative estimate of drug-likeness (QED) is 0.112. The molecule has 0 rings (SSSR count). The van der Waals surface area contributed by atoms with Crippen LogP contribution in [0.25, 0.3) is 0 Å². The molecular weight excluding hydrogens is 529 g/mol. The molecule has 0 aromatic rings. The minimum Gasteiger partial charge on any atom is -0.802 e. The van der Waals surface area contributed by atoms with E-state index in [2.05, 4.69) is 20.8 Å². The molecule has 0 fully saturated rings. The van der Waals surface area contributed by atoms with Crippen molar-refractivity contribution >= 4 is 24.1 Å². The zero-order valence-corrected chi connectivity index (χ0v) is 26.5. The van der Waals surface area contributed by atoms with Crippen LogP contribution in [-0.2, 0) is 31.1 Å². The second-order valence-corrected chi connectivity index (χ2v) is 12.4. The maximum Gasteiger partial charge on any atom is 3.00 e. The first kappa shape index (κ1) is 42.2. The van der Waals surface area contributed by atoms with Crippen LogP contribution in [0.1, 0.15) is 136 Å². The van der Waals surface area contributed by atoms with Gasteiger partial charge in [0.1, 0.15) is 0 Å². The standard InChI is InChI=1S/3C8H19O2P.Cr/c3*1-2-3-4-5-6-7-8-11(9)10;/h3*11H,2-8H2,1H3,(H,9,10);/q;;;+3/p-3. The third-order valence-corrected chi connectivity index (χ3v) is 7.49. The van der Waals surface area contributed by atoms with E-state index in [-0.39, 0.29) is 17.4 Å². The van der Waals surface area contributed by atoms with Crippen LogP contribution in [0.4, 0.5) is 0 Å². The topological polar surface area (TPSA) is 120 Å². The molecule has 0 aliphatic rings. The predicted octanol–water partition coefficient (Wildman–Crippen LogP) is 6.54. The predicted molar refractivity (Wildman–Crippen MR) is 142 cm³/mol. The normalized spacial score (nSPS) is 12.9. The third kappa shape index (κ3) is 54.1. The van der Waals surface area contributed by atoms with Gasteiger partial charge < -0.3 is 28.4 Å². The van der Waals surface area contributed by atoms with Crippen molar-refractivity contribution in [2.75, 3.05) is 18.5 Å². The SMILES string of the molecule is CCCCCCCC[PH](=O)[O-].CCCCCCCC[PH](=O)[O-].CCCCCCCC[PH](=O)[O-].[Cr+3]. The summed E-state index contributed by atoms with van der Waals surface area (Å²) in [6.07, 6.45) is 22.1. The van der Waals surface area contributed by atoms with Gasteiger partial charge in [0, 0.05) is 24.1 Å². The van der Waals surface area contributed by atoms with Crippen LogP contribution < -0.4 is 14.7 Å². The van der Waals surface area contributed by atoms with Crippen LogP contribution in [0.5, 0.6) is 0 Å². The van der Waals surface area contributed by atoms with Crippen molar-refractivity contribution in [3.8, 4) is 0 Å². The van der Waals surface area contributed by atoms with Gasteiger partial charge in [-0.15, -0.1) is 0 Å². The Morgan fingerprint density at radius 1 is 0.382 bits per heavy atom. The molecule has 207 valence electrons. The number of hydrogen-bond acceptors (Lipinski definition) is 6. The Balaban J connectivity index is -0.000000196. The summed E-state index contributed by atoms with van der Waals surface area (Å²) in [6, 6.07) is 0. The van der Waals surface area contributed by atoms with Crippen molar-refractivity contribution in [2.45, 2.75) is 136 Å². The molecule has 0 saturated heterocycles. The number of hydrogen-bond donors (Lipinski definition) is 0. The molecule has 10 heteroatoms. The summed E-state index contributed by atoms with van der Waals surface area (Å²) in [6.45, 7) is 6.53. The molecule has 0 heterocycles. The van der Waals surface area contributed by atoms with Gasteiger partial charge >= 0.3 is 17.4 Å². The van der Waals surface area contributed by atoms with E-state index < -0.39 is 24.1 Å². The first-order valence-electron chi connectivity index (χ1n) is 13.4. The second-order valence-electron chi connectivity index (χ2n) is 8.67. The van der Waals surface area contributed by atoms with Crippen molar-refractivity contribution in [1.29, 1.82) is 0 Å². The Morgan fingerprint density at radius 3 is 0.735 bits per heavy atom. The smallest absolute Gasteiger partial charge is 0.802 e. The minimum absolute atomic E-state index is 0. The first-order valence-corrected chi connectivity index (χ1v) is 18.0. The maximum atomic E-state index is 10.2. The Morgan fingerprint density at radius 2 is 0.559 bits per heavy atom. The fourth-order valence-electron chi connectivity index (χ4n) is 3.15. The molecule has 34 heavy (non-hydrogen) atoms. The average Bonchev–Trinajstić information content (AvgIpc) is 2.76. The Kier molecular flexibility index (Phi) is 47.9. The van der Waals surface area contributed by atoms with E-state index in [1.54, 1.807) is 0 Å². The zero-order valence-electron chi connectivity index (χ0n) is 22.2. The fraction of sp³-hybridized carbons (Fsp3) is 1.00. The molecule has 0 aliphatic carbocycles. The molecule has 0 N–H and O–H groups in total. The molecule has 0 aromatic carbocycles. The van der Waals surface area contributed by atoms with Crippen molar-refractivity contribution in [2.24, 2.45) is 0 Å². The van der Waals surface area contributed by atoms with Crippen molar-refractivity contribution in [3.63, 3.8) is 0 Å². The molecule has 0 saturated carbocycles. The van der Waals surface area contributed by atoms with Gasteiger partial charge in [-0.25, -0.2) is 0 Å². The monoisotopic (exact) mass is 583 g/mol. The van der Waals surface area contributed by atoms with Crippen LogP contribution in [0.3, 0.4) is 0 Å². The van der Waals surface area contributed by atoms with Gasteiger partial charge in [0.2, 0.25) is 0 Å². The van der Waals surface area contributed by atoms with E-state index in [0.29, 0.717) is 18.5 Å². The Hall–Kier alpha value is 1.10. The molecule has 1 radical (unpaired) electrons. The largest absolute Gasteiger partial charge is 3.00 e. The van der Waals surface area contributed by atoms with E-state index in [1.807, 2.05) is 0 Å². The Bertz CT molecular complexity index is 381. The van der Waals surface area contributed by atoms with Crippen molar-refractivity contribution < 1.29 is 45.7 Å². The number of unbranched alkanes of at least 4 members (excludes halogenated alkanes) is 15. The van der Waals surface area contributed by atoms with E-state index in [9.17, 15) is 28.4 Å². The summed E-state index contributed by atoms with van der Waals surface area (Å²) in [5.74, 6) is 0. The van der Waals surface area contributed by atoms with Gasteiger partial charge in [-0.2, -0.15) is 0 Å². The molecule has 0 aliphatic heterocycles. The van der Waals surface area contributed by atoms with Crippen molar-refractivity contribution in [1.82, 2.24) is 0 Å². The number of rotatable bonds is 21. The van der Waals surface area contributed by atoms with Crippen LogP contribution in [0, 0.1) is 0 Å². The van der Waals surface area contributed by atoms with Crippen LogP contribution >= 0.6 is 24.1 Å². The summed E-state index contributed by atoms with van der Waals surface area (Å²) >= 11 is 0. The Labute approximate surface area is 224 Å². The van der Waals surface area contributed by atoms with Crippen molar-refractivity contribution in [3.05, 3.63) is 0 Å². The third-order valence-electron chi connectivity index (χ3n) is 5.20. The van der Waals surface area contributed by atoms with Gasteiger partial charge in [-0.05, 0) is 37.7 Å². The van der Waals surface area contributed by atoms with E-state index in [0.717, 1.165) is 38.5 Å². The summed E-state index contributed by atoms with van der Waals surface area (Å²) < 4.78 is 30.5. The van der Waals surface area contributed by atoms with E-state index in [1.165, 1.54) is 77.0 Å². The molecular formula is C24H54CrO6P3. The van der Waals surface area contributed by atoms with Gasteiger partial charge in [-0.3, -0.25) is 0 Å². The average molecular weight is 584 g/mol. The van der Waals surface area contributed by atoms with Gasteiger partial charge in [0.25, 0.3) is 0 Å². The summed E-state index contributed by atoms with van der Waals surface area (Å²) in [4.78, 5) is 30.5. The molecule has 0 spiro atoms. The van der Waals surface area contributed by atoms with Crippen LogP contribution in [0.15, 0.2) is 0 Å². The summed E-state index contributed by atoms with van der Waals surface area (Å²) in [5, 5.41) is 0. The molecule has 3 unspecified atom stereocenters. The van der Waals surface area contributed by atoms with Crippen LogP contribution in [-0.4, -0.2) is 18.5 Å². The second kappa shape index (κ2) is 38.6.